The van der Waals surface area contributed by atoms with Crippen molar-refractivity contribution < 1.29 is 40.0 Å². The molecular weight excluding hydrogens is 795 g/mol. The van der Waals surface area contributed by atoms with Crippen LogP contribution in [-0.4, -0.2) is 20.3 Å². The van der Waals surface area contributed by atoms with Gasteiger partial charge < -0.3 is 4.70 Å². The van der Waals surface area contributed by atoms with E-state index in [1.807, 2.05) is 0 Å². The molecule has 0 amide bonds. The monoisotopic (exact) mass is 852 g/mol. The molecule has 0 heterocycles. The third-order valence-electron chi connectivity index (χ3n) is 7.68. The summed E-state index contributed by atoms with van der Waals surface area (Å²) in [5, 5.41) is 0. The first-order valence-corrected chi connectivity index (χ1v) is 24.0. The molecule has 0 N–H and O–H groups in total. The summed E-state index contributed by atoms with van der Waals surface area (Å²) in [6, 6.07) is 19.2. The van der Waals surface area contributed by atoms with Gasteiger partial charge in [-0.3, -0.25) is 0 Å². The number of hydrogen-bond acceptors (Lipinski definition) is 0. The van der Waals surface area contributed by atoms with Gasteiger partial charge in [-0.15, -0.1) is 0 Å². The predicted octanol–water partition coefficient (Wildman–Crippen LogP) is 7.47. The third kappa shape index (κ3) is 30.2. The van der Waals surface area contributed by atoms with Crippen LogP contribution in [0.15, 0.2) is 48.5 Å². The molecule has 0 spiro atoms. The first kappa shape index (κ1) is 43.6. The van der Waals surface area contributed by atoms with Crippen molar-refractivity contribution in [3.8, 4) is 0 Å². The van der Waals surface area contributed by atoms with E-state index in [-0.39, 0.29) is 25.9 Å². The molecule has 0 saturated carbocycles. The van der Waals surface area contributed by atoms with Crippen LogP contribution in [0.4, 0.5) is 14.1 Å². The zero-order chi connectivity index (χ0) is 31.7. The molecule has 0 atom stereocenters. The van der Waals surface area contributed by atoms with E-state index in [0.717, 1.165) is 0 Å². The molecule has 0 aromatic heterocycles. The van der Waals surface area contributed by atoms with E-state index in [0.29, 0.717) is 0 Å². The predicted molar refractivity (Wildman–Crippen MR) is 173 cm³/mol. The Hall–Kier alpha value is -0.432. The van der Waals surface area contributed by atoms with E-state index >= 15 is 0 Å². The Labute approximate surface area is 280 Å². The minimum absolute atomic E-state index is 0. The third-order valence-corrected chi connectivity index (χ3v) is 10.4. The minimum atomic E-state index is -9.19. The maximum atomic E-state index is 9.91. The van der Waals surface area contributed by atoms with Gasteiger partial charge in [0.1, 0.15) is 0 Å². The fourth-order valence-corrected chi connectivity index (χ4v) is 7.34. The zero-order valence-electron chi connectivity index (χ0n) is 27.3. The van der Waals surface area contributed by atoms with Gasteiger partial charge in [-0.05, 0) is 0 Å². The van der Waals surface area contributed by atoms with Crippen LogP contribution in [0, 0.1) is 7.14 Å². The average molecular weight is 854 g/mol. The second-order valence-electron chi connectivity index (χ2n) is 11.9. The summed E-state index contributed by atoms with van der Waals surface area (Å²) in [7, 11) is 0. The molecule has 0 aliphatic heterocycles. The fourth-order valence-electron chi connectivity index (χ4n) is 5.19. The summed E-state index contributed by atoms with van der Waals surface area (Å²) < 4.78 is 52.6. The van der Waals surface area contributed by atoms with Crippen molar-refractivity contribution >= 4 is 20.3 Å². The Bertz CT molecular complexity index is 831. The molecule has 2 aromatic carbocycles. The molecule has 0 aliphatic rings. The molecule has 258 valence electrons. The second-order valence-corrected chi connectivity index (χ2v) is 18.5. The van der Waals surface area contributed by atoms with Gasteiger partial charge in [0.25, 0.3) is 0 Å². The summed E-state index contributed by atoms with van der Waals surface area (Å²) in [5.41, 5.74) is 3.05. The van der Waals surface area contributed by atoms with Crippen LogP contribution in [0.3, 0.4) is 0 Å². The first-order valence-electron chi connectivity index (χ1n) is 17.0. The molecule has 0 fully saturated rings. The number of rotatable bonds is 24. The van der Waals surface area contributed by atoms with Crippen molar-refractivity contribution in [2.75, 3.05) is 0 Å². The fraction of sp³-hybridized carbons (Fsp3) is 0.667. The molecule has 0 bridgehead atoms. The van der Waals surface area contributed by atoms with E-state index < -0.39 is 20.3 Å². The van der Waals surface area contributed by atoms with E-state index in [1.165, 1.54) is 152 Å². The number of halogens is 7. The number of benzene rings is 2. The summed E-state index contributed by atoms with van der Waals surface area (Å²) in [6.45, 7) is 4.60. The van der Waals surface area contributed by atoms with E-state index in [9.17, 15) is 14.1 Å². The average Bonchev–Trinajstić information content (AvgIpc) is 2.95. The van der Waals surface area contributed by atoms with E-state index in [1.54, 1.807) is 7.14 Å². The van der Waals surface area contributed by atoms with Crippen LogP contribution in [0.25, 0.3) is 0 Å². The molecule has 0 unspecified atom stereocenters. The van der Waals surface area contributed by atoms with E-state index in [4.69, 9.17) is 0 Å². The number of unbranched alkanes of at least 4 members (excludes halogenated alkanes) is 18. The Morgan fingerprint density at radius 3 is 0.886 bits per heavy atom. The zero-order valence-corrected chi connectivity index (χ0v) is 32.0. The SMILES string of the molecule is CCCCCCCCCCCCc1ccc([I-]c2ccc(CCCCCCCCCCCC)cc2)cc1.[F-].[F][Sb]([F])([F])([F])[F]. The van der Waals surface area contributed by atoms with Gasteiger partial charge in [0.15, 0.2) is 0 Å². The normalized spacial score (nSPS) is 12.2. The quantitative estimate of drug-likeness (QED) is 0.0446. The van der Waals surface area contributed by atoms with Crippen LogP contribution in [0.1, 0.15) is 153 Å². The summed E-state index contributed by atoms with van der Waals surface area (Å²) >= 11 is -9.25. The Morgan fingerprint density at radius 1 is 0.409 bits per heavy atom. The number of hydrogen-bond donors (Lipinski definition) is 0. The van der Waals surface area contributed by atoms with Crippen LogP contribution < -0.4 is 25.9 Å². The van der Waals surface area contributed by atoms with Gasteiger partial charge in [0, 0.05) is 0 Å². The molecule has 2 aromatic rings. The van der Waals surface area contributed by atoms with Gasteiger partial charge in [-0.1, -0.05) is 52.4 Å². The topological polar surface area (TPSA) is 0 Å². The van der Waals surface area contributed by atoms with Gasteiger partial charge in [-0.25, -0.2) is 0 Å². The van der Waals surface area contributed by atoms with Gasteiger partial charge >= 0.3 is 225 Å². The Morgan fingerprint density at radius 2 is 0.636 bits per heavy atom. The van der Waals surface area contributed by atoms with Crippen molar-refractivity contribution in [2.45, 2.75) is 155 Å². The summed E-state index contributed by atoms with van der Waals surface area (Å²) in [6.07, 6.45) is 30.9. The van der Waals surface area contributed by atoms with Crippen molar-refractivity contribution in [1.29, 1.82) is 0 Å². The van der Waals surface area contributed by atoms with Crippen molar-refractivity contribution in [3.05, 3.63) is 66.8 Å². The van der Waals surface area contributed by atoms with Crippen molar-refractivity contribution in [1.82, 2.24) is 0 Å². The Balaban J connectivity index is 0.00000239. The van der Waals surface area contributed by atoms with E-state index in [2.05, 4.69) is 62.4 Å². The first-order chi connectivity index (χ1) is 20.5. The van der Waals surface area contributed by atoms with Crippen LogP contribution >= 0.6 is 0 Å². The van der Waals surface area contributed by atoms with Crippen molar-refractivity contribution in [3.63, 3.8) is 0 Å². The van der Waals surface area contributed by atoms with Gasteiger partial charge in [0.05, 0.1) is 0 Å². The number of aryl methyl sites for hydroxylation is 2. The summed E-state index contributed by atoms with van der Waals surface area (Å²) in [5.74, 6) is 0. The van der Waals surface area contributed by atoms with Crippen LogP contribution in [0.5, 0.6) is 0 Å². The molecule has 0 radical (unpaired) electrons. The maximum absolute atomic E-state index is 9.91. The molecule has 0 nitrogen and oxygen atoms in total. The molecule has 0 saturated heterocycles. The Kier molecular flexibility index (Phi) is 26.4. The summed E-state index contributed by atoms with van der Waals surface area (Å²) in [4.78, 5) is 0. The van der Waals surface area contributed by atoms with Crippen LogP contribution in [-0.2, 0) is 12.8 Å². The molecule has 2 rings (SSSR count). The van der Waals surface area contributed by atoms with Crippen molar-refractivity contribution in [2.24, 2.45) is 0 Å². The second kappa shape index (κ2) is 26.6. The molecule has 0 aliphatic carbocycles. The molecule has 8 heteroatoms. The van der Waals surface area contributed by atoms with Gasteiger partial charge in [0.2, 0.25) is 0 Å². The van der Waals surface area contributed by atoms with Gasteiger partial charge in [-0.2, -0.15) is 0 Å². The van der Waals surface area contributed by atoms with Crippen LogP contribution in [0.2, 0.25) is 0 Å². The molecular formula is C36H58F6ISb-2. The standard InChI is InChI=1S/C36H58I.6FH.Sb/c1-3-5-7-9-11-13-15-17-19-21-23-33-25-29-35(30-26-33)37-36-31-27-34(28-32-36)24-22-20-18-16-14-12-10-8-6-4-2;;;;;;;/h25-32H,3-24H2,1-2H3;6*1H;/q-1;;;;;;;+5/p-6. The molecule has 44 heavy (non-hydrogen) atoms.